The number of hydrogen-bond acceptors (Lipinski definition) is 4. The Labute approximate surface area is 106 Å². The van der Waals surface area contributed by atoms with Gasteiger partial charge in [0.1, 0.15) is 0 Å². The molecule has 0 aliphatic carbocycles. The SMILES string of the molecule is CC(C)CCCOCCOCCOCCCN. The second-order valence-corrected chi connectivity index (χ2v) is 4.52. The molecule has 104 valence electrons. The molecule has 4 nitrogen and oxygen atoms in total. The van der Waals surface area contributed by atoms with Crippen LogP contribution in [0.4, 0.5) is 0 Å². The first kappa shape index (κ1) is 16.8. The summed E-state index contributed by atoms with van der Waals surface area (Å²) >= 11 is 0. The largest absolute Gasteiger partial charge is 0.379 e. The van der Waals surface area contributed by atoms with Crippen LogP contribution in [0.3, 0.4) is 0 Å². The van der Waals surface area contributed by atoms with E-state index in [0.717, 1.165) is 32.0 Å². The van der Waals surface area contributed by atoms with Crippen LogP contribution in [0.15, 0.2) is 0 Å². The highest BCUT2D eigenvalue weighted by molar-refractivity contribution is 4.44. The van der Waals surface area contributed by atoms with Gasteiger partial charge in [0, 0.05) is 13.2 Å². The Morgan fingerprint density at radius 1 is 0.765 bits per heavy atom. The Morgan fingerprint density at radius 2 is 1.24 bits per heavy atom. The lowest BCUT2D eigenvalue weighted by atomic mass is 10.1. The highest BCUT2D eigenvalue weighted by Gasteiger charge is 1.94. The van der Waals surface area contributed by atoms with E-state index in [2.05, 4.69) is 13.8 Å². The van der Waals surface area contributed by atoms with Crippen LogP contribution in [0.25, 0.3) is 0 Å². The Kier molecular flexibility index (Phi) is 13.8. The van der Waals surface area contributed by atoms with Crippen LogP contribution in [-0.4, -0.2) is 46.2 Å². The topological polar surface area (TPSA) is 53.7 Å². The van der Waals surface area contributed by atoms with E-state index >= 15 is 0 Å². The van der Waals surface area contributed by atoms with Crippen LogP contribution in [-0.2, 0) is 14.2 Å². The predicted octanol–water partition coefficient (Wildman–Crippen LogP) is 1.82. The zero-order valence-electron chi connectivity index (χ0n) is 11.5. The van der Waals surface area contributed by atoms with Crippen LogP contribution in [0.5, 0.6) is 0 Å². The van der Waals surface area contributed by atoms with Gasteiger partial charge in [0.15, 0.2) is 0 Å². The summed E-state index contributed by atoms with van der Waals surface area (Å²) in [6.07, 6.45) is 3.29. The van der Waals surface area contributed by atoms with Crippen molar-refractivity contribution in [3.63, 3.8) is 0 Å². The molecule has 17 heavy (non-hydrogen) atoms. The van der Waals surface area contributed by atoms with Crippen molar-refractivity contribution in [3.05, 3.63) is 0 Å². The smallest absolute Gasteiger partial charge is 0.0701 e. The molecule has 0 heterocycles. The Hall–Kier alpha value is -0.160. The molecule has 0 radical (unpaired) electrons. The number of hydrogen-bond donors (Lipinski definition) is 1. The molecule has 0 bridgehead atoms. The third-order valence-corrected chi connectivity index (χ3v) is 2.31. The van der Waals surface area contributed by atoms with Gasteiger partial charge >= 0.3 is 0 Å². The lowest BCUT2D eigenvalue weighted by Crippen LogP contribution is -2.11. The molecule has 0 aliphatic heterocycles. The second-order valence-electron chi connectivity index (χ2n) is 4.52. The Morgan fingerprint density at radius 3 is 1.71 bits per heavy atom. The molecule has 0 saturated carbocycles. The third kappa shape index (κ3) is 15.8. The van der Waals surface area contributed by atoms with Crippen molar-refractivity contribution in [2.45, 2.75) is 33.1 Å². The third-order valence-electron chi connectivity index (χ3n) is 2.31. The van der Waals surface area contributed by atoms with E-state index in [9.17, 15) is 0 Å². The van der Waals surface area contributed by atoms with Crippen LogP contribution < -0.4 is 5.73 Å². The highest BCUT2D eigenvalue weighted by atomic mass is 16.5. The molecule has 0 rings (SSSR count). The monoisotopic (exact) mass is 247 g/mol. The minimum atomic E-state index is 0.639. The number of ether oxygens (including phenoxy) is 3. The van der Waals surface area contributed by atoms with E-state index in [4.69, 9.17) is 19.9 Å². The van der Waals surface area contributed by atoms with Gasteiger partial charge in [-0.25, -0.2) is 0 Å². The maximum Gasteiger partial charge on any atom is 0.0701 e. The number of nitrogens with two attached hydrogens (primary N) is 1. The first-order chi connectivity index (χ1) is 8.27. The molecule has 0 aromatic rings. The molecule has 4 heteroatoms. The van der Waals surface area contributed by atoms with Crippen molar-refractivity contribution >= 4 is 0 Å². The fraction of sp³-hybridized carbons (Fsp3) is 1.00. The quantitative estimate of drug-likeness (QED) is 0.504. The fourth-order valence-corrected chi connectivity index (χ4v) is 1.32. The minimum absolute atomic E-state index is 0.639. The molecule has 0 fully saturated rings. The van der Waals surface area contributed by atoms with Crippen molar-refractivity contribution in [1.29, 1.82) is 0 Å². The van der Waals surface area contributed by atoms with Gasteiger partial charge in [-0.2, -0.15) is 0 Å². The van der Waals surface area contributed by atoms with Crippen LogP contribution in [0.2, 0.25) is 0 Å². The zero-order chi connectivity index (χ0) is 12.8. The normalized spacial score (nSPS) is 11.3. The molecule has 0 amide bonds. The van der Waals surface area contributed by atoms with Crippen LogP contribution >= 0.6 is 0 Å². The molecule has 0 aromatic carbocycles. The van der Waals surface area contributed by atoms with Crippen molar-refractivity contribution in [1.82, 2.24) is 0 Å². The van der Waals surface area contributed by atoms with E-state index in [1.165, 1.54) is 6.42 Å². The maximum atomic E-state index is 5.45. The van der Waals surface area contributed by atoms with Gasteiger partial charge in [0.05, 0.1) is 26.4 Å². The van der Waals surface area contributed by atoms with E-state index in [1.54, 1.807) is 0 Å². The first-order valence-electron chi connectivity index (χ1n) is 6.70. The molecular formula is C13H29NO3. The average molecular weight is 247 g/mol. The summed E-state index contributed by atoms with van der Waals surface area (Å²) in [5.41, 5.74) is 5.34. The van der Waals surface area contributed by atoms with E-state index in [-0.39, 0.29) is 0 Å². The van der Waals surface area contributed by atoms with Crippen molar-refractivity contribution in [2.24, 2.45) is 11.7 Å². The van der Waals surface area contributed by atoms with Gasteiger partial charge in [-0.3, -0.25) is 0 Å². The van der Waals surface area contributed by atoms with Gasteiger partial charge in [0.25, 0.3) is 0 Å². The molecule has 0 saturated heterocycles. The van der Waals surface area contributed by atoms with Gasteiger partial charge < -0.3 is 19.9 Å². The van der Waals surface area contributed by atoms with Gasteiger partial charge in [-0.05, 0) is 31.7 Å². The van der Waals surface area contributed by atoms with Crippen molar-refractivity contribution in [3.8, 4) is 0 Å². The number of rotatable bonds is 13. The Bertz CT molecular complexity index is 143. The van der Waals surface area contributed by atoms with E-state index in [1.807, 2.05) is 0 Å². The summed E-state index contributed by atoms with van der Waals surface area (Å²) in [5.74, 6) is 0.764. The summed E-state index contributed by atoms with van der Waals surface area (Å²) in [6, 6.07) is 0. The Balaban J connectivity index is 2.89. The van der Waals surface area contributed by atoms with E-state index in [0.29, 0.717) is 33.0 Å². The molecule has 2 N–H and O–H groups in total. The van der Waals surface area contributed by atoms with Crippen LogP contribution in [0.1, 0.15) is 33.1 Å². The maximum absolute atomic E-state index is 5.45. The molecule has 0 aromatic heterocycles. The molecule has 0 unspecified atom stereocenters. The highest BCUT2D eigenvalue weighted by Crippen LogP contribution is 2.02. The van der Waals surface area contributed by atoms with Gasteiger partial charge in [-0.15, -0.1) is 0 Å². The first-order valence-corrected chi connectivity index (χ1v) is 6.70. The molecule has 0 aliphatic rings. The predicted molar refractivity (Wildman–Crippen MR) is 70.2 cm³/mol. The summed E-state index contributed by atoms with van der Waals surface area (Å²) in [5, 5.41) is 0. The minimum Gasteiger partial charge on any atom is -0.379 e. The van der Waals surface area contributed by atoms with Crippen LogP contribution in [0, 0.1) is 5.92 Å². The fourth-order valence-electron chi connectivity index (χ4n) is 1.32. The van der Waals surface area contributed by atoms with Crippen molar-refractivity contribution < 1.29 is 14.2 Å². The standard InChI is InChI=1S/C13H29NO3/c1-13(2)5-3-7-15-9-11-17-12-10-16-8-4-6-14/h13H,3-12,14H2,1-2H3. The lowest BCUT2D eigenvalue weighted by molar-refractivity contribution is 0.0135. The second kappa shape index (κ2) is 13.9. The van der Waals surface area contributed by atoms with E-state index < -0.39 is 0 Å². The average Bonchev–Trinajstić information content (AvgIpc) is 2.30. The van der Waals surface area contributed by atoms with Crippen molar-refractivity contribution in [2.75, 3.05) is 46.2 Å². The van der Waals surface area contributed by atoms with Gasteiger partial charge in [0.2, 0.25) is 0 Å². The summed E-state index contributed by atoms with van der Waals surface area (Å²) in [4.78, 5) is 0. The molecule has 0 spiro atoms. The summed E-state index contributed by atoms with van der Waals surface area (Å²) in [6.45, 7) is 9.34. The lowest BCUT2D eigenvalue weighted by Gasteiger charge is -2.07. The summed E-state index contributed by atoms with van der Waals surface area (Å²) in [7, 11) is 0. The van der Waals surface area contributed by atoms with Gasteiger partial charge in [-0.1, -0.05) is 13.8 Å². The molecule has 0 atom stereocenters. The zero-order valence-corrected chi connectivity index (χ0v) is 11.5. The molecular weight excluding hydrogens is 218 g/mol. The summed E-state index contributed by atoms with van der Waals surface area (Å²) < 4.78 is 16.1.